The number of phosphoric ester groups is 1. The van der Waals surface area contributed by atoms with Crippen molar-refractivity contribution in [2.45, 2.75) is 382 Å². The zero-order valence-corrected chi connectivity index (χ0v) is 57.0. The summed E-state index contributed by atoms with van der Waals surface area (Å²) in [5.74, 6) is -1.98. The summed E-state index contributed by atoms with van der Waals surface area (Å²) in [6.07, 6.45) is 4.85. The average Bonchev–Trinajstić information content (AvgIpc) is 0.767. The van der Waals surface area contributed by atoms with Crippen LogP contribution in [-0.2, 0) is 61.2 Å². The SMILES string of the molecule is CCCCCCCCCCCCCCCC(=O)OC(COC(=O)CCCCCCCCCCCCCC)COP(=O)(O)OC1C(OC2OC(CO)C(O)C(O)C2O)C(O)C(O)C(O)C1OC1OC(COC(=O)CCCCCCCCCCCCCC)C(O)C(O)C1O. The smallest absolute Gasteiger partial charge is 0.463 e. The number of carbonyl (C=O) groups is 3. The Hall–Kier alpha value is -2.04. The fourth-order valence-corrected chi connectivity index (χ4v) is 13.0. The van der Waals surface area contributed by atoms with Gasteiger partial charge in [0, 0.05) is 19.3 Å². The second-order valence-electron chi connectivity index (χ2n) is 26.0. The van der Waals surface area contributed by atoms with E-state index in [1.807, 2.05) is 0 Å². The highest BCUT2D eigenvalue weighted by atomic mass is 31.2. The van der Waals surface area contributed by atoms with Crippen LogP contribution < -0.4 is 0 Å². The molecule has 3 fully saturated rings. The van der Waals surface area contributed by atoms with Crippen LogP contribution >= 0.6 is 7.82 Å². The van der Waals surface area contributed by atoms with Crippen LogP contribution in [0.5, 0.6) is 0 Å². The van der Waals surface area contributed by atoms with Crippen LogP contribution in [0.3, 0.4) is 0 Å². The van der Waals surface area contributed by atoms with E-state index in [1.54, 1.807) is 0 Å². The van der Waals surface area contributed by atoms with Gasteiger partial charge in [-0.3, -0.25) is 23.4 Å². The molecule has 25 heteroatoms. The molecule has 2 heterocycles. The van der Waals surface area contributed by atoms with Gasteiger partial charge >= 0.3 is 25.7 Å². The van der Waals surface area contributed by atoms with Crippen molar-refractivity contribution in [2.75, 3.05) is 26.4 Å². The lowest BCUT2D eigenvalue weighted by Gasteiger charge is -2.49. The van der Waals surface area contributed by atoms with Crippen LogP contribution in [-0.4, -0.2) is 204 Å². The zero-order chi connectivity index (χ0) is 67.5. The normalized spacial score (nSPS) is 28.6. The van der Waals surface area contributed by atoms with Crippen molar-refractivity contribution in [3.8, 4) is 0 Å². The zero-order valence-electron chi connectivity index (χ0n) is 56.1. The monoisotopic (exact) mass is 1340 g/mol. The van der Waals surface area contributed by atoms with Crippen LogP contribution in [0.2, 0.25) is 0 Å². The van der Waals surface area contributed by atoms with Gasteiger partial charge in [0.2, 0.25) is 0 Å². The molecule has 1 saturated carbocycles. The van der Waals surface area contributed by atoms with Crippen molar-refractivity contribution in [3.05, 3.63) is 0 Å². The maximum Gasteiger partial charge on any atom is 0.472 e. The van der Waals surface area contributed by atoms with Gasteiger partial charge in [0.25, 0.3) is 0 Å². The van der Waals surface area contributed by atoms with Gasteiger partial charge in [0.15, 0.2) is 18.7 Å². The number of aliphatic hydroxyl groups excluding tert-OH is 10. The first-order valence-electron chi connectivity index (χ1n) is 35.8. The molecule has 24 nitrogen and oxygen atoms in total. The fourth-order valence-electron chi connectivity index (χ4n) is 12.0. The molecule has 92 heavy (non-hydrogen) atoms. The number of carbonyl (C=O) groups excluding carboxylic acids is 3. The predicted octanol–water partition coefficient (Wildman–Crippen LogP) is 8.62. The molecule has 542 valence electrons. The molecule has 0 bridgehead atoms. The van der Waals surface area contributed by atoms with E-state index in [9.17, 15) is 74.9 Å². The van der Waals surface area contributed by atoms with Crippen molar-refractivity contribution < 1.29 is 117 Å². The van der Waals surface area contributed by atoms with E-state index in [-0.39, 0.29) is 19.3 Å². The minimum absolute atomic E-state index is 0.0331. The number of aliphatic hydroxyl groups is 10. The fraction of sp³-hybridized carbons (Fsp3) is 0.955. The molecule has 3 rings (SSSR count). The summed E-state index contributed by atoms with van der Waals surface area (Å²) < 4.78 is 64.8. The van der Waals surface area contributed by atoms with Gasteiger partial charge < -0.3 is 89.1 Å². The van der Waals surface area contributed by atoms with Gasteiger partial charge in [-0.2, -0.15) is 0 Å². The molecule has 3 aliphatic rings. The lowest BCUT2D eigenvalue weighted by Crippen LogP contribution is -2.69. The van der Waals surface area contributed by atoms with E-state index in [2.05, 4.69) is 20.8 Å². The van der Waals surface area contributed by atoms with Gasteiger partial charge in [-0.25, -0.2) is 4.57 Å². The molecule has 2 aliphatic heterocycles. The second-order valence-corrected chi connectivity index (χ2v) is 27.4. The first kappa shape index (κ1) is 84.2. The molecule has 0 radical (unpaired) electrons. The highest BCUT2D eigenvalue weighted by Gasteiger charge is 2.58. The second kappa shape index (κ2) is 50.3. The molecule has 0 aromatic carbocycles. The Kier molecular flexibility index (Phi) is 46.0. The quantitative estimate of drug-likeness (QED) is 0.0117. The highest BCUT2D eigenvalue weighted by molar-refractivity contribution is 7.47. The molecule has 0 aromatic rings. The Morgan fingerprint density at radius 1 is 0.380 bits per heavy atom. The van der Waals surface area contributed by atoms with E-state index in [0.29, 0.717) is 19.3 Å². The summed E-state index contributed by atoms with van der Waals surface area (Å²) in [6.45, 7) is 3.42. The number of hydrogen-bond donors (Lipinski definition) is 11. The molecule has 2 saturated heterocycles. The molecule has 0 amide bonds. The minimum Gasteiger partial charge on any atom is -0.463 e. The molecule has 0 aromatic heterocycles. The van der Waals surface area contributed by atoms with Gasteiger partial charge in [0.05, 0.1) is 13.2 Å². The van der Waals surface area contributed by atoms with Crippen LogP contribution in [0.25, 0.3) is 0 Å². The molecule has 18 unspecified atom stereocenters. The third-order valence-corrected chi connectivity index (χ3v) is 18.9. The van der Waals surface area contributed by atoms with E-state index < -0.39 is 156 Å². The third-order valence-electron chi connectivity index (χ3n) is 17.9. The predicted molar refractivity (Wildman–Crippen MR) is 342 cm³/mol. The van der Waals surface area contributed by atoms with E-state index in [0.717, 1.165) is 96.3 Å². The highest BCUT2D eigenvalue weighted by Crippen LogP contribution is 2.49. The van der Waals surface area contributed by atoms with E-state index in [1.165, 1.54) is 122 Å². The molecular formula is C67H125O24P. The Morgan fingerprint density at radius 3 is 1.07 bits per heavy atom. The number of esters is 3. The summed E-state index contributed by atoms with van der Waals surface area (Å²) in [7, 11) is -5.68. The summed E-state index contributed by atoms with van der Waals surface area (Å²) in [5, 5.41) is 110. The number of rotatable bonds is 55. The van der Waals surface area contributed by atoms with E-state index in [4.69, 9.17) is 42.2 Å². The lowest BCUT2D eigenvalue weighted by molar-refractivity contribution is -0.360. The summed E-state index contributed by atoms with van der Waals surface area (Å²) in [4.78, 5) is 50.8. The largest absolute Gasteiger partial charge is 0.472 e. The lowest BCUT2D eigenvalue weighted by atomic mass is 9.84. The molecule has 11 N–H and O–H groups in total. The number of unbranched alkanes of at least 4 members (excludes halogenated alkanes) is 34. The van der Waals surface area contributed by atoms with Crippen LogP contribution in [0.1, 0.15) is 278 Å². The molecule has 1 aliphatic carbocycles. The topological polar surface area (TPSA) is 374 Å². The van der Waals surface area contributed by atoms with Crippen LogP contribution in [0.4, 0.5) is 0 Å². The van der Waals surface area contributed by atoms with Gasteiger partial charge in [-0.15, -0.1) is 0 Å². The van der Waals surface area contributed by atoms with Crippen molar-refractivity contribution in [1.82, 2.24) is 0 Å². The number of phosphoric acid groups is 1. The van der Waals surface area contributed by atoms with Crippen molar-refractivity contribution in [3.63, 3.8) is 0 Å². The van der Waals surface area contributed by atoms with Gasteiger partial charge in [-0.1, -0.05) is 239 Å². The van der Waals surface area contributed by atoms with Gasteiger partial charge in [0.1, 0.15) is 98.7 Å². The minimum atomic E-state index is -5.68. The Labute approximate surface area is 549 Å². The Balaban J connectivity index is 1.76. The first-order valence-corrected chi connectivity index (χ1v) is 37.3. The summed E-state index contributed by atoms with van der Waals surface area (Å²) in [6, 6.07) is 0. The third kappa shape index (κ3) is 34.0. The average molecular weight is 1350 g/mol. The van der Waals surface area contributed by atoms with Crippen LogP contribution in [0, 0.1) is 0 Å². The van der Waals surface area contributed by atoms with Gasteiger partial charge in [-0.05, 0) is 19.3 Å². The van der Waals surface area contributed by atoms with Crippen molar-refractivity contribution >= 4 is 25.7 Å². The first-order chi connectivity index (χ1) is 44.3. The van der Waals surface area contributed by atoms with Crippen molar-refractivity contribution in [2.24, 2.45) is 0 Å². The van der Waals surface area contributed by atoms with Crippen LogP contribution in [0.15, 0.2) is 0 Å². The molecular weight excluding hydrogens is 1220 g/mol. The Morgan fingerprint density at radius 2 is 0.696 bits per heavy atom. The number of hydrogen-bond acceptors (Lipinski definition) is 23. The Bertz CT molecular complexity index is 1920. The maximum absolute atomic E-state index is 14.3. The maximum atomic E-state index is 14.3. The molecule has 18 atom stereocenters. The number of ether oxygens (including phenoxy) is 7. The summed E-state index contributed by atoms with van der Waals surface area (Å²) >= 11 is 0. The standard InChI is InChI=1S/C67H125O24P/c1-4-7-10-13-16-19-22-25-28-31-34-37-40-43-53(71)86-48(45-83-51(69)41-38-35-32-29-26-23-20-17-14-11-8-5-2)46-85-92(81,82)91-65-63(89-66-61(79)56(74)54(72)49(44-68)87-66)59(77)58(76)60(78)64(65)90-67-62(80)57(75)55(73)50(88-67)47-84-52(70)42-39-36-33-30-27-24-21-18-15-12-9-6-3/h48-50,54-68,72-80H,4-47H2,1-3H3,(H,81,82). The van der Waals surface area contributed by atoms with Crippen molar-refractivity contribution in [1.29, 1.82) is 0 Å². The molecule has 0 spiro atoms. The van der Waals surface area contributed by atoms with E-state index >= 15 is 0 Å². The summed E-state index contributed by atoms with van der Waals surface area (Å²) in [5.41, 5.74) is 0.